The van der Waals surface area contributed by atoms with Gasteiger partial charge in [0.05, 0.1) is 0 Å². The molecule has 76 valence electrons. The summed E-state index contributed by atoms with van der Waals surface area (Å²) in [4.78, 5) is 0.382. The van der Waals surface area contributed by atoms with E-state index < -0.39 is 0 Å². The van der Waals surface area contributed by atoms with E-state index in [1.807, 2.05) is 39.0 Å². The van der Waals surface area contributed by atoms with Crippen LogP contribution in [0.5, 0.6) is 5.75 Å². The van der Waals surface area contributed by atoms with Gasteiger partial charge in [0, 0.05) is 0 Å². The Balaban J connectivity index is 2.91. The molecule has 1 aromatic rings. The van der Waals surface area contributed by atoms with Gasteiger partial charge >= 0.3 is 0 Å². The van der Waals surface area contributed by atoms with Gasteiger partial charge in [-0.15, -0.1) is 0 Å². The number of hydrogen-bond acceptors (Lipinski definition) is 2. The standard InChI is InChI=1S/C11H15NOS/c1-7-5-4-6-8(2)10(7)13-9(3)11(12)14/h4-6,9H,1-3H3,(H2,12,14). The molecule has 0 spiro atoms. The van der Waals surface area contributed by atoms with Crippen molar-refractivity contribution in [2.24, 2.45) is 5.73 Å². The molecule has 1 aromatic carbocycles. The molecule has 0 aliphatic carbocycles. The highest BCUT2D eigenvalue weighted by atomic mass is 32.1. The molecule has 1 unspecified atom stereocenters. The van der Waals surface area contributed by atoms with Gasteiger partial charge in [-0.1, -0.05) is 30.4 Å². The zero-order valence-corrected chi connectivity index (χ0v) is 9.52. The number of hydrogen-bond donors (Lipinski definition) is 1. The van der Waals surface area contributed by atoms with Gasteiger partial charge in [0.1, 0.15) is 16.8 Å². The third-order valence-corrected chi connectivity index (χ3v) is 2.44. The highest BCUT2D eigenvalue weighted by Gasteiger charge is 2.10. The fourth-order valence-electron chi connectivity index (χ4n) is 1.22. The molecule has 3 heteroatoms. The Morgan fingerprint density at radius 2 is 1.86 bits per heavy atom. The van der Waals surface area contributed by atoms with Gasteiger partial charge in [-0.25, -0.2) is 0 Å². The summed E-state index contributed by atoms with van der Waals surface area (Å²) in [5.41, 5.74) is 7.70. The third kappa shape index (κ3) is 2.45. The van der Waals surface area contributed by atoms with E-state index in [4.69, 9.17) is 22.7 Å². The van der Waals surface area contributed by atoms with E-state index in [0.29, 0.717) is 4.99 Å². The number of rotatable bonds is 3. The Labute approximate surface area is 90.1 Å². The van der Waals surface area contributed by atoms with Crippen molar-refractivity contribution in [1.82, 2.24) is 0 Å². The summed E-state index contributed by atoms with van der Waals surface area (Å²) in [6.07, 6.45) is -0.218. The summed E-state index contributed by atoms with van der Waals surface area (Å²) in [7, 11) is 0. The van der Waals surface area contributed by atoms with Gasteiger partial charge in [0.2, 0.25) is 0 Å². The molecule has 2 nitrogen and oxygen atoms in total. The zero-order chi connectivity index (χ0) is 10.7. The molecule has 0 aliphatic heterocycles. The molecule has 0 bridgehead atoms. The van der Waals surface area contributed by atoms with E-state index in [0.717, 1.165) is 16.9 Å². The number of nitrogens with two attached hydrogens (primary N) is 1. The topological polar surface area (TPSA) is 35.2 Å². The number of para-hydroxylation sites is 1. The fraction of sp³-hybridized carbons (Fsp3) is 0.364. The second kappa shape index (κ2) is 4.42. The van der Waals surface area contributed by atoms with Crippen LogP contribution in [0.3, 0.4) is 0 Å². The molecule has 0 amide bonds. The van der Waals surface area contributed by atoms with Crippen molar-refractivity contribution in [3.05, 3.63) is 29.3 Å². The lowest BCUT2D eigenvalue weighted by molar-refractivity contribution is 0.284. The van der Waals surface area contributed by atoms with Gasteiger partial charge in [-0.05, 0) is 31.9 Å². The lowest BCUT2D eigenvalue weighted by Gasteiger charge is -2.16. The van der Waals surface area contributed by atoms with E-state index in [2.05, 4.69) is 0 Å². The predicted octanol–water partition coefficient (Wildman–Crippen LogP) is 2.36. The minimum Gasteiger partial charge on any atom is -0.483 e. The Morgan fingerprint density at radius 1 is 1.36 bits per heavy atom. The first-order valence-corrected chi connectivity index (χ1v) is 4.95. The number of benzene rings is 1. The van der Waals surface area contributed by atoms with Crippen LogP contribution in [-0.4, -0.2) is 11.1 Å². The van der Waals surface area contributed by atoms with E-state index in [1.54, 1.807) is 0 Å². The van der Waals surface area contributed by atoms with Crippen LogP contribution < -0.4 is 10.5 Å². The van der Waals surface area contributed by atoms with E-state index in [1.165, 1.54) is 0 Å². The summed E-state index contributed by atoms with van der Waals surface area (Å²) in [5, 5.41) is 0. The van der Waals surface area contributed by atoms with E-state index in [-0.39, 0.29) is 6.10 Å². The van der Waals surface area contributed by atoms with Crippen molar-refractivity contribution in [2.75, 3.05) is 0 Å². The van der Waals surface area contributed by atoms with E-state index in [9.17, 15) is 0 Å². The van der Waals surface area contributed by atoms with Crippen LogP contribution >= 0.6 is 12.2 Å². The summed E-state index contributed by atoms with van der Waals surface area (Å²) < 4.78 is 5.67. The van der Waals surface area contributed by atoms with Crippen molar-refractivity contribution < 1.29 is 4.74 Å². The van der Waals surface area contributed by atoms with Crippen LogP contribution in [0.4, 0.5) is 0 Å². The van der Waals surface area contributed by atoms with Crippen molar-refractivity contribution >= 4 is 17.2 Å². The van der Waals surface area contributed by atoms with Crippen LogP contribution in [0, 0.1) is 13.8 Å². The van der Waals surface area contributed by atoms with Crippen LogP contribution in [0.15, 0.2) is 18.2 Å². The summed E-state index contributed by atoms with van der Waals surface area (Å²) in [5.74, 6) is 0.882. The quantitative estimate of drug-likeness (QED) is 0.776. The summed E-state index contributed by atoms with van der Waals surface area (Å²) in [6, 6.07) is 6.02. The first kappa shape index (κ1) is 11.0. The Hall–Kier alpha value is -1.09. The molecule has 2 N–H and O–H groups in total. The van der Waals surface area contributed by atoms with Gasteiger partial charge in [0.15, 0.2) is 0 Å². The maximum atomic E-state index is 5.67. The Bertz CT molecular complexity index is 329. The Morgan fingerprint density at radius 3 is 2.29 bits per heavy atom. The molecule has 0 saturated carbocycles. The SMILES string of the molecule is Cc1cccc(C)c1OC(C)C(N)=S. The molecule has 0 saturated heterocycles. The van der Waals surface area contributed by atoms with Crippen molar-refractivity contribution in [3.8, 4) is 5.75 Å². The summed E-state index contributed by atoms with van der Waals surface area (Å²) >= 11 is 4.86. The zero-order valence-electron chi connectivity index (χ0n) is 8.70. The smallest absolute Gasteiger partial charge is 0.145 e. The molecule has 1 atom stereocenters. The second-order valence-corrected chi connectivity index (χ2v) is 3.85. The minimum atomic E-state index is -0.218. The van der Waals surface area contributed by atoms with Crippen molar-refractivity contribution in [1.29, 1.82) is 0 Å². The number of thiocarbonyl (C=S) groups is 1. The fourth-order valence-corrected chi connectivity index (χ4v) is 1.27. The summed E-state index contributed by atoms with van der Waals surface area (Å²) in [6.45, 7) is 5.87. The highest BCUT2D eigenvalue weighted by molar-refractivity contribution is 7.80. The Kier molecular flexibility index (Phi) is 3.47. The van der Waals surface area contributed by atoms with Gasteiger partial charge < -0.3 is 10.5 Å². The molecule has 0 aromatic heterocycles. The van der Waals surface area contributed by atoms with Crippen LogP contribution in [0.2, 0.25) is 0 Å². The largest absolute Gasteiger partial charge is 0.483 e. The molecule has 0 radical (unpaired) electrons. The van der Waals surface area contributed by atoms with Crippen molar-refractivity contribution in [3.63, 3.8) is 0 Å². The van der Waals surface area contributed by atoms with Crippen molar-refractivity contribution in [2.45, 2.75) is 26.9 Å². The number of aryl methyl sites for hydroxylation is 2. The molecule has 0 fully saturated rings. The molecule has 0 aliphatic rings. The second-order valence-electron chi connectivity index (χ2n) is 3.38. The predicted molar refractivity (Wildman–Crippen MR) is 62.8 cm³/mol. The van der Waals surface area contributed by atoms with Gasteiger partial charge in [0.25, 0.3) is 0 Å². The number of ether oxygens (including phenoxy) is 1. The first-order chi connectivity index (χ1) is 6.52. The average Bonchev–Trinajstić information content (AvgIpc) is 2.11. The van der Waals surface area contributed by atoms with Gasteiger partial charge in [-0.3, -0.25) is 0 Å². The molecule has 0 heterocycles. The van der Waals surface area contributed by atoms with Crippen LogP contribution in [0.25, 0.3) is 0 Å². The highest BCUT2D eigenvalue weighted by Crippen LogP contribution is 2.23. The maximum Gasteiger partial charge on any atom is 0.145 e. The van der Waals surface area contributed by atoms with Crippen LogP contribution in [0.1, 0.15) is 18.1 Å². The lowest BCUT2D eigenvalue weighted by atomic mass is 10.1. The van der Waals surface area contributed by atoms with Crippen LogP contribution in [-0.2, 0) is 0 Å². The van der Waals surface area contributed by atoms with E-state index >= 15 is 0 Å². The molecule has 14 heavy (non-hydrogen) atoms. The molecular weight excluding hydrogens is 194 g/mol. The average molecular weight is 209 g/mol. The van der Waals surface area contributed by atoms with Gasteiger partial charge in [-0.2, -0.15) is 0 Å². The maximum absolute atomic E-state index is 5.67. The lowest BCUT2D eigenvalue weighted by Crippen LogP contribution is -2.29. The normalized spacial score (nSPS) is 12.2. The molecular formula is C11H15NOS. The minimum absolute atomic E-state index is 0.218. The molecule has 1 rings (SSSR count). The first-order valence-electron chi connectivity index (χ1n) is 4.54. The monoisotopic (exact) mass is 209 g/mol. The third-order valence-electron chi connectivity index (χ3n) is 2.10.